The lowest BCUT2D eigenvalue weighted by molar-refractivity contribution is 0.248. The fraction of sp³-hybridized carbons (Fsp3) is 0.312. The molecule has 4 nitrogen and oxygen atoms in total. The summed E-state index contributed by atoms with van der Waals surface area (Å²) in [6.07, 6.45) is 4.54. The Morgan fingerprint density at radius 2 is 1.90 bits per heavy atom. The number of phenols is 1. The van der Waals surface area contributed by atoms with Gasteiger partial charge >= 0.3 is 0 Å². The molecule has 0 amide bonds. The van der Waals surface area contributed by atoms with Gasteiger partial charge in [0.1, 0.15) is 5.75 Å². The highest BCUT2D eigenvalue weighted by atomic mass is 16.3. The van der Waals surface area contributed by atoms with Crippen LogP contribution in [0.4, 0.5) is 0 Å². The van der Waals surface area contributed by atoms with Crippen molar-refractivity contribution < 1.29 is 5.11 Å². The first-order valence-corrected chi connectivity index (χ1v) is 6.79. The third kappa shape index (κ3) is 3.56. The molecule has 0 saturated heterocycles. The van der Waals surface area contributed by atoms with Crippen LogP contribution in [-0.2, 0) is 6.42 Å². The van der Waals surface area contributed by atoms with Gasteiger partial charge in [0.05, 0.1) is 6.04 Å². The van der Waals surface area contributed by atoms with Crippen LogP contribution in [0.25, 0.3) is 0 Å². The second kappa shape index (κ2) is 7.03. The van der Waals surface area contributed by atoms with Crippen molar-refractivity contribution in [2.75, 3.05) is 20.1 Å². The molecule has 0 aliphatic carbocycles. The van der Waals surface area contributed by atoms with Gasteiger partial charge in [0.2, 0.25) is 0 Å². The van der Waals surface area contributed by atoms with Crippen molar-refractivity contribution in [3.63, 3.8) is 0 Å². The van der Waals surface area contributed by atoms with Crippen molar-refractivity contribution in [1.29, 1.82) is 0 Å². The standard InChI is InChI=1S/C16H21N3O/c1-19(11-8-13-6-9-18-10-7-13)15(12-17)14-4-2-3-5-16(14)20/h2-7,9-10,15,20H,8,11-12,17H2,1H3. The lowest BCUT2D eigenvalue weighted by Crippen LogP contribution is -2.32. The number of para-hydroxylation sites is 1. The molecule has 106 valence electrons. The number of benzene rings is 1. The maximum atomic E-state index is 9.96. The summed E-state index contributed by atoms with van der Waals surface area (Å²) >= 11 is 0. The fourth-order valence-electron chi connectivity index (χ4n) is 2.32. The Morgan fingerprint density at radius 1 is 1.20 bits per heavy atom. The van der Waals surface area contributed by atoms with E-state index in [0.29, 0.717) is 12.3 Å². The van der Waals surface area contributed by atoms with Crippen molar-refractivity contribution in [1.82, 2.24) is 9.88 Å². The van der Waals surface area contributed by atoms with Crippen LogP contribution in [0.2, 0.25) is 0 Å². The Kier molecular flexibility index (Phi) is 5.09. The molecule has 2 aromatic rings. The van der Waals surface area contributed by atoms with Gasteiger partial charge < -0.3 is 10.8 Å². The van der Waals surface area contributed by atoms with Crippen LogP contribution < -0.4 is 5.73 Å². The van der Waals surface area contributed by atoms with Crippen LogP contribution >= 0.6 is 0 Å². The largest absolute Gasteiger partial charge is 0.508 e. The second-order valence-corrected chi connectivity index (χ2v) is 4.90. The van der Waals surface area contributed by atoms with Crippen LogP contribution in [0.3, 0.4) is 0 Å². The van der Waals surface area contributed by atoms with E-state index in [-0.39, 0.29) is 6.04 Å². The number of nitrogens with two attached hydrogens (primary N) is 1. The third-order valence-electron chi connectivity index (χ3n) is 3.55. The number of rotatable bonds is 6. The molecule has 1 unspecified atom stereocenters. The van der Waals surface area contributed by atoms with Crippen LogP contribution in [0.5, 0.6) is 5.75 Å². The maximum Gasteiger partial charge on any atom is 0.120 e. The molecule has 20 heavy (non-hydrogen) atoms. The van der Waals surface area contributed by atoms with Crippen molar-refractivity contribution in [3.05, 3.63) is 59.9 Å². The highest BCUT2D eigenvalue weighted by molar-refractivity contribution is 5.34. The quantitative estimate of drug-likeness (QED) is 0.843. The molecule has 1 atom stereocenters. The number of nitrogens with zero attached hydrogens (tertiary/aromatic N) is 2. The minimum atomic E-state index is 0.0260. The summed E-state index contributed by atoms with van der Waals surface area (Å²) in [4.78, 5) is 6.19. The van der Waals surface area contributed by atoms with E-state index in [0.717, 1.165) is 18.5 Å². The van der Waals surface area contributed by atoms with Crippen molar-refractivity contribution in [3.8, 4) is 5.75 Å². The van der Waals surface area contributed by atoms with Crippen molar-refractivity contribution in [2.45, 2.75) is 12.5 Å². The molecular weight excluding hydrogens is 250 g/mol. The van der Waals surface area contributed by atoms with Crippen LogP contribution in [0.15, 0.2) is 48.8 Å². The average Bonchev–Trinajstić information content (AvgIpc) is 2.49. The molecule has 1 heterocycles. The molecule has 0 aliphatic rings. The molecule has 1 aromatic heterocycles. The zero-order valence-electron chi connectivity index (χ0n) is 11.7. The monoisotopic (exact) mass is 271 g/mol. The summed E-state index contributed by atoms with van der Waals surface area (Å²) in [7, 11) is 2.03. The number of phenolic OH excluding ortho intramolecular Hbond substituents is 1. The lowest BCUT2D eigenvalue weighted by Gasteiger charge is -2.27. The minimum Gasteiger partial charge on any atom is -0.508 e. The first-order chi connectivity index (χ1) is 9.72. The van der Waals surface area contributed by atoms with Gasteiger partial charge in [-0.25, -0.2) is 0 Å². The van der Waals surface area contributed by atoms with E-state index in [1.807, 2.05) is 37.4 Å². The number of hydrogen-bond acceptors (Lipinski definition) is 4. The molecular formula is C16H21N3O. The molecule has 3 N–H and O–H groups in total. The summed E-state index contributed by atoms with van der Waals surface area (Å²) in [5.74, 6) is 0.304. The zero-order valence-corrected chi connectivity index (χ0v) is 11.7. The minimum absolute atomic E-state index is 0.0260. The zero-order chi connectivity index (χ0) is 14.4. The van der Waals surface area contributed by atoms with Gasteiger partial charge in [-0.05, 0) is 37.2 Å². The summed E-state index contributed by atoms with van der Waals surface area (Å²) in [6, 6.07) is 11.4. The first kappa shape index (κ1) is 14.5. The number of likely N-dealkylation sites (N-methyl/N-ethyl adjacent to an activating group) is 1. The van der Waals surface area contributed by atoms with Crippen molar-refractivity contribution >= 4 is 0 Å². The fourth-order valence-corrected chi connectivity index (χ4v) is 2.32. The highest BCUT2D eigenvalue weighted by Crippen LogP contribution is 2.26. The SMILES string of the molecule is CN(CCc1ccncc1)C(CN)c1ccccc1O. The van der Waals surface area contributed by atoms with E-state index in [2.05, 4.69) is 9.88 Å². The summed E-state index contributed by atoms with van der Waals surface area (Å²) < 4.78 is 0. The number of aromatic nitrogens is 1. The Bertz CT molecular complexity index is 530. The Labute approximate surface area is 119 Å². The lowest BCUT2D eigenvalue weighted by atomic mass is 10.0. The predicted molar refractivity (Wildman–Crippen MR) is 80.5 cm³/mol. The molecule has 0 fully saturated rings. The van der Waals surface area contributed by atoms with Crippen LogP contribution in [0.1, 0.15) is 17.2 Å². The van der Waals surface area contributed by atoms with Gasteiger partial charge in [-0.3, -0.25) is 9.88 Å². The summed E-state index contributed by atoms with van der Waals surface area (Å²) in [5.41, 5.74) is 8.01. The second-order valence-electron chi connectivity index (χ2n) is 4.90. The van der Waals surface area contributed by atoms with Gasteiger partial charge in [-0.2, -0.15) is 0 Å². The van der Waals surface area contributed by atoms with Gasteiger partial charge in [-0.15, -0.1) is 0 Å². The average molecular weight is 271 g/mol. The number of pyridine rings is 1. The van der Waals surface area contributed by atoms with E-state index >= 15 is 0 Å². The number of hydrogen-bond donors (Lipinski definition) is 2. The Hall–Kier alpha value is -1.91. The van der Waals surface area contributed by atoms with Gasteiger partial charge in [0.25, 0.3) is 0 Å². The topological polar surface area (TPSA) is 62.4 Å². The van der Waals surface area contributed by atoms with Gasteiger partial charge in [0.15, 0.2) is 0 Å². The van der Waals surface area contributed by atoms with E-state index in [1.165, 1.54) is 5.56 Å². The molecule has 0 aliphatic heterocycles. The van der Waals surface area contributed by atoms with Gasteiger partial charge in [-0.1, -0.05) is 18.2 Å². The van der Waals surface area contributed by atoms with Crippen LogP contribution in [-0.4, -0.2) is 35.1 Å². The predicted octanol–water partition coefficient (Wildman–Crippen LogP) is 1.96. The van der Waals surface area contributed by atoms with Crippen molar-refractivity contribution in [2.24, 2.45) is 5.73 Å². The highest BCUT2D eigenvalue weighted by Gasteiger charge is 2.18. The number of aromatic hydroxyl groups is 1. The van der Waals surface area contributed by atoms with E-state index in [4.69, 9.17) is 5.73 Å². The third-order valence-corrected chi connectivity index (χ3v) is 3.55. The van der Waals surface area contributed by atoms with Crippen LogP contribution in [0, 0.1) is 0 Å². The molecule has 0 spiro atoms. The maximum absolute atomic E-state index is 9.96. The van der Waals surface area contributed by atoms with Gasteiger partial charge in [0, 0.05) is 31.0 Å². The summed E-state index contributed by atoms with van der Waals surface area (Å²) in [6.45, 7) is 1.35. The Morgan fingerprint density at radius 3 is 2.55 bits per heavy atom. The molecule has 1 aromatic carbocycles. The van der Waals surface area contributed by atoms with E-state index in [9.17, 15) is 5.11 Å². The molecule has 4 heteroatoms. The first-order valence-electron chi connectivity index (χ1n) is 6.79. The summed E-state index contributed by atoms with van der Waals surface area (Å²) in [5, 5.41) is 9.96. The smallest absolute Gasteiger partial charge is 0.120 e. The molecule has 0 radical (unpaired) electrons. The molecule has 0 saturated carbocycles. The van der Waals surface area contributed by atoms with E-state index in [1.54, 1.807) is 18.5 Å². The normalized spacial score (nSPS) is 12.6. The molecule has 0 bridgehead atoms. The molecule has 2 rings (SSSR count). The van der Waals surface area contributed by atoms with E-state index < -0.39 is 0 Å². The Balaban J connectivity index is 2.03.